The molecule has 8 amide bonds. The Morgan fingerprint density at radius 2 is 1.56 bits per heavy atom. The fraction of sp³-hybridized carbons (Fsp3) is 0.380. The van der Waals surface area contributed by atoms with Crippen LogP contribution in [-0.2, 0) is 78.6 Å². The highest BCUT2D eigenvalue weighted by molar-refractivity contribution is 6.12. The zero-order valence-corrected chi connectivity index (χ0v) is 39.6. The lowest BCUT2D eigenvalue weighted by Crippen LogP contribution is -2.52. The largest absolute Gasteiger partial charge is 0.458 e. The van der Waals surface area contributed by atoms with E-state index < -0.39 is 104 Å². The van der Waals surface area contributed by atoms with Gasteiger partial charge in [-0.2, -0.15) is 0 Å². The first-order chi connectivity index (χ1) is 35.1. The van der Waals surface area contributed by atoms with Gasteiger partial charge in [-0.25, -0.2) is 14.2 Å². The fourth-order valence-corrected chi connectivity index (χ4v) is 9.31. The third-order valence-electron chi connectivity index (χ3n) is 13.0. The molecule has 0 saturated carbocycles. The SMILES string of the molecule is Cc1c(F)cc2nc3c(c4c2c1CC[C@@H]4NC(=O)COCNC(=O)CNC(=O)[C@H](Cc1ccccc1)NC(=O)CNC(=O)CNC(=O)CCCCCN1C(=O)C=CC1=O)Cn1c-3cc2c(c1=O)COC(=O)[C@H]2O. The van der Waals surface area contributed by atoms with Crippen LogP contribution < -0.4 is 37.5 Å². The maximum atomic E-state index is 15.3. The van der Waals surface area contributed by atoms with Gasteiger partial charge in [0.05, 0.1) is 54.7 Å². The Hall–Kier alpha value is -8.18. The summed E-state index contributed by atoms with van der Waals surface area (Å²) in [4.78, 5) is 132. The van der Waals surface area contributed by atoms with Crippen LogP contribution in [-0.4, -0.2) is 118 Å². The Balaban J connectivity index is 0.792. The lowest BCUT2D eigenvalue weighted by atomic mass is 9.81. The molecule has 0 spiro atoms. The first-order valence-electron chi connectivity index (χ1n) is 23.7. The molecule has 0 bridgehead atoms. The van der Waals surface area contributed by atoms with Crippen molar-refractivity contribution >= 4 is 64.1 Å². The summed E-state index contributed by atoms with van der Waals surface area (Å²) in [5.74, 6) is -5.81. The first-order valence-corrected chi connectivity index (χ1v) is 23.7. The van der Waals surface area contributed by atoms with Gasteiger partial charge in [-0.05, 0) is 60.9 Å². The summed E-state index contributed by atoms with van der Waals surface area (Å²) in [5, 5.41) is 26.5. The lowest BCUT2D eigenvalue weighted by molar-refractivity contribution is -0.157. The minimum Gasteiger partial charge on any atom is -0.458 e. The quantitative estimate of drug-likeness (QED) is 0.0215. The Kier molecular flexibility index (Phi) is 15.8. The predicted octanol–water partition coefficient (Wildman–Crippen LogP) is -0.282. The van der Waals surface area contributed by atoms with E-state index in [0.29, 0.717) is 76.6 Å². The van der Waals surface area contributed by atoms with Crippen molar-refractivity contribution in [3.63, 3.8) is 0 Å². The maximum absolute atomic E-state index is 15.3. The summed E-state index contributed by atoms with van der Waals surface area (Å²) in [6, 6.07) is 9.78. The zero-order valence-electron chi connectivity index (χ0n) is 39.6. The van der Waals surface area contributed by atoms with E-state index in [2.05, 4.69) is 31.9 Å². The molecular formula is C50H52FN9O13. The molecule has 4 aromatic rings. The number of halogens is 1. The standard InChI is InChI=1S/C50H52FN9O13/c1-26-28-11-12-33(45-30-22-60-36(46(30)58-34(44(28)45)18-32(26)51)17-29-31(49(60)70)23-73-50(71)47(29)68)56-41(65)24-72-25-55-39(63)20-54-48(69)35(16-27-8-4-2-5-9-27)57-40(64)21-53-38(62)19-52-37(61)10-6-3-7-15-59-42(66)13-14-43(59)67/h2,4-5,8-9,13-14,17-18,33,35,47,68H,3,6-7,10-12,15-16,19-25H2,1H3,(H,52,61)(H,53,62)(H,54,69)(H,55,63)(H,56,65)(H,57,64)/t33-,35-,47-/m0/s1. The number of hydrogen-bond donors (Lipinski definition) is 7. The highest BCUT2D eigenvalue weighted by Gasteiger charge is 2.38. The smallest absolute Gasteiger partial charge is 0.340 e. The van der Waals surface area contributed by atoms with Gasteiger partial charge in [0.1, 0.15) is 31.8 Å². The Morgan fingerprint density at radius 3 is 2.33 bits per heavy atom. The monoisotopic (exact) mass is 1010 g/mol. The Labute approximate surface area is 415 Å². The van der Waals surface area contributed by atoms with Gasteiger partial charge >= 0.3 is 5.97 Å². The van der Waals surface area contributed by atoms with Crippen LogP contribution in [0.1, 0.15) is 83.2 Å². The van der Waals surface area contributed by atoms with Crippen molar-refractivity contribution in [1.82, 2.24) is 46.4 Å². The van der Waals surface area contributed by atoms with Crippen LogP contribution in [0.15, 0.2) is 59.4 Å². The zero-order chi connectivity index (χ0) is 51.9. The summed E-state index contributed by atoms with van der Waals surface area (Å²) in [7, 11) is 0. The number of rotatable bonds is 21. The number of benzene rings is 2. The number of pyridine rings is 2. The number of nitrogens with one attached hydrogen (secondary N) is 6. The number of aliphatic hydroxyl groups excluding tert-OH is 1. The molecule has 7 N–H and O–H groups in total. The van der Waals surface area contributed by atoms with Crippen molar-refractivity contribution in [1.29, 1.82) is 0 Å². The van der Waals surface area contributed by atoms with E-state index in [1.165, 1.54) is 28.9 Å². The molecule has 22 nitrogen and oxygen atoms in total. The molecule has 3 atom stereocenters. The third kappa shape index (κ3) is 11.6. The molecule has 1 aliphatic carbocycles. The molecule has 8 rings (SSSR count). The van der Waals surface area contributed by atoms with Crippen molar-refractivity contribution in [3.8, 4) is 11.4 Å². The number of hydrogen-bond acceptors (Lipinski definition) is 14. The van der Waals surface area contributed by atoms with Gasteiger partial charge in [-0.1, -0.05) is 36.8 Å². The van der Waals surface area contributed by atoms with Crippen molar-refractivity contribution in [2.24, 2.45) is 0 Å². The number of aryl methyl sites for hydroxylation is 1. The molecule has 0 radical (unpaired) electrons. The molecule has 5 heterocycles. The van der Waals surface area contributed by atoms with Gasteiger partial charge in [0.2, 0.25) is 35.4 Å². The van der Waals surface area contributed by atoms with Gasteiger partial charge in [0, 0.05) is 54.1 Å². The molecule has 4 aliphatic rings. The highest BCUT2D eigenvalue weighted by atomic mass is 19.1. The summed E-state index contributed by atoms with van der Waals surface area (Å²) < 4.78 is 27.2. The van der Waals surface area contributed by atoms with E-state index in [9.17, 15) is 53.1 Å². The number of ether oxygens (including phenoxy) is 2. The second-order valence-corrected chi connectivity index (χ2v) is 17.9. The number of imide groups is 1. The number of aliphatic hydroxyl groups is 1. The minimum absolute atomic E-state index is 0.0374. The number of carbonyl (C=O) groups is 9. The van der Waals surface area contributed by atoms with Crippen LogP contribution in [0.2, 0.25) is 0 Å². The average Bonchev–Trinajstić information content (AvgIpc) is 3.91. The molecule has 0 fully saturated rings. The van der Waals surface area contributed by atoms with E-state index in [0.717, 1.165) is 10.5 Å². The van der Waals surface area contributed by atoms with Gasteiger partial charge in [0.25, 0.3) is 17.4 Å². The maximum Gasteiger partial charge on any atom is 0.340 e. The average molecular weight is 1010 g/mol. The molecule has 73 heavy (non-hydrogen) atoms. The van der Waals surface area contributed by atoms with Crippen molar-refractivity contribution in [2.75, 3.05) is 39.5 Å². The third-order valence-corrected chi connectivity index (χ3v) is 13.0. The molecule has 0 unspecified atom stereocenters. The minimum atomic E-state index is -1.67. The van der Waals surface area contributed by atoms with E-state index >= 15 is 4.39 Å². The molecule has 2 aromatic heterocycles. The highest BCUT2D eigenvalue weighted by Crippen LogP contribution is 2.45. The van der Waals surface area contributed by atoms with Crippen LogP contribution in [0.5, 0.6) is 0 Å². The van der Waals surface area contributed by atoms with Gasteiger partial charge in [0.15, 0.2) is 6.10 Å². The van der Waals surface area contributed by atoms with E-state index in [4.69, 9.17) is 14.5 Å². The molecule has 3 aliphatic heterocycles. The topological polar surface area (TPSA) is 303 Å². The number of cyclic esters (lactones) is 1. The number of esters is 1. The van der Waals surface area contributed by atoms with E-state index in [1.807, 2.05) is 0 Å². The number of unbranched alkanes of at least 4 members (excludes halogenated alkanes) is 2. The van der Waals surface area contributed by atoms with Gasteiger partial charge < -0.3 is 51.0 Å². The van der Waals surface area contributed by atoms with E-state index in [1.54, 1.807) is 37.3 Å². The van der Waals surface area contributed by atoms with Crippen molar-refractivity contribution in [3.05, 3.63) is 110 Å². The Bertz CT molecular complexity index is 3010. The summed E-state index contributed by atoms with van der Waals surface area (Å²) in [6.45, 7) is -0.701. The molecule has 0 saturated heterocycles. The van der Waals surface area contributed by atoms with Crippen LogP contribution in [0, 0.1) is 12.7 Å². The van der Waals surface area contributed by atoms with Crippen LogP contribution in [0.25, 0.3) is 22.3 Å². The molecule has 23 heteroatoms. The fourth-order valence-electron chi connectivity index (χ4n) is 9.31. The van der Waals surface area contributed by atoms with Crippen molar-refractivity contribution < 1.29 is 62.1 Å². The number of amides is 8. The first kappa shape index (κ1) is 51.2. The summed E-state index contributed by atoms with van der Waals surface area (Å²) in [6.07, 6.45) is 3.21. The molecule has 2 aromatic carbocycles. The second-order valence-electron chi connectivity index (χ2n) is 17.9. The summed E-state index contributed by atoms with van der Waals surface area (Å²) in [5.41, 5.74) is 3.86. The number of aromatic nitrogens is 2. The second kappa shape index (κ2) is 22.5. The predicted molar refractivity (Wildman–Crippen MR) is 254 cm³/mol. The Morgan fingerprint density at radius 1 is 0.849 bits per heavy atom. The van der Waals surface area contributed by atoms with E-state index in [-0.39, 0.29) is 55.5 Å². The molecular weight excluding hydrogens is 954 g/mol. The van der Waals surface area contributed by atoms with Crippen molar-refractivity contribution in [2.45, 2.75) is 83.2 Å². The summed E-state index contributed by atoms with van der Waals surface area (Å²) >= 11 is 0. The van der Waals surface area contributed by atoms with Crippen LogP contribution >= 0.6 is 0 Å². The van der Waals surface area contributed by atoms with Gasteiger partial charge in [-0.3, -0.25) is 48.1 Å². The number of nitrogens with zero attached hydrogens (tertiary/aromatic N) is 3. The number of fused-ring (bicyclic) bond motifs is 5. The van der Waals surface area contributed by atoms with Gasteiger partial charge in [-0.15, -0.1) is 0 Å². The molecule has 382 valence electrons. The lowest BCUT2D eigenvalue weighted by Gasteiger charge is -2.29. The normalized spacial score (nSPS) is 16.5. The number of carbonyl (C=O) groups excluding carboxylic acids is 9. The van der Waals surface area contributed by atoms with Crippen LogP contribution in [0.3, 0.4) is 0 Å². The van der Waals surface area contributed by atoms with Crippen LogP contribution in [0.4, 0.5) is 4.39 Å².